The van der Waals surface area contributed by atoms with Crippen molar-refractivity contribution in [1.82, 2.24) is 0 Å². The second-order valence-electron chi connectivity index (χ2n) is 3.16. The average molecular weight is 174 g/mol. The number of hydrogen-bond donors (Lipinski definition) is 1. The lowest BCUT2D eigenvalue weighted by Crippen LogP contribution is -2.32. The van der Waals surface area contributed by atoms with Gasteiger partial charge in [0.05, 0.1) is 13.2 Å². The molecule has 2 rings (SSSR count). The minimum atomic E-state index is -0.472. The molecule has 0 aromatic carbocycles. The lowest BCUT2D eigenvalue weighted by atomic mass is 10.1. The van der Waals surface area contributed by atoms with Gasteiger partial charge in [0.25, 0.3) is 0 Å². The largest absolute Gasteiger partial charge is 0.388 e. The summed E-state index contributed by atoms with van der Waals surface area (Å²) in [5, 5.41) is 9.38. The molecule has 0 spiro atoms. The molecule has 0 radical (unpaired) electrons. The van der Waals surface area contributed by atoms with Gasteiger partial charge in [-0.1, -0.05) is 0 Å². The molecule has 0 aliphatic carbocycles. The number of fused-ring (bicyclic) bond motifs is 1. The van der Waals surface area contributed by atoms with E-state index in [9.17, 15) is 5.11 Å². The summed E-state index contributed by atoms with van der Waals surface area (Å²) in [5.41, 5.74) is 0. The fourth-order valence-electron chi connectivity index (χ4n) is 1.80. The van der Waals surface area contributed by atoms with E-state index in [0.29, 0.717) is 19.8 Å². The Balaban J connectivity index is 1.96. The van der Waals surface area contributed by atoms with Gasteiger partial charge in [-0.05, 0) is 6.92 Å². The Labute approximate surface area is 71.4 Å². The highest BCUT2D eigenvalue weighted by Crippen LogP contribution is 2.28. The number of hydrogen-bond acceptors (Lipinski definition) is 4. The molecule has 2 saturated heterocycles. The van der Waals surface area contributed by atoms with E-state index in [1.807, 2.05) is 6.92 Å². The summed E-state index contributed by atoms with van der Waals surface area (Å²) in [5.74, 6) is 0. The zero-order valence-electron chi connectivity index (χ0n) is 7.10. The summed E-state index contributed by atoms with van der Waals surface area (Å²) in [6.07, 6.45) is -0.681. The normalized spacial score (nSPS) is 46.5. The third kappa shape index (κ3) is 1.25. The van der Waals surface area contributed by atoms with Crippen LogP contribution in [0, 0.1) is 0 Å². The Morgan fingerprint density at radius 3 is 2.83 bits per heavy atom. The first-order valence-electron chi connectivity index (χ1n) is 4.35. The van der Waals surface area contributed by atoms with Gasteiger partial charge in [-0.15, -0.1) is 0 Å². The Kier molecular flexibility index (Phi) is 2.32. The van der Waals surface area contributed by atoms with E-state index in [1.54, 1.807) is 0 Å². The van der Waals surface area contributed by atoms with Crippen LogP contribution in [0.4, 0.5) is 0 Å². The maximum Gasteiger partial charge on any atom is 0.115 e. The zero-order valence-corrected chi connectivity index (χ0v) is 7.10. The molecule has 1 N–H and O–H groups in total. The van der Waals surface area contributed by atoms with Crippen molar-refractivity contribution in [2.45, 2.75) is 31.3 Å². The highest BCUT2D eigenvalue weighted by molar-refractivity contribution is 4.94. The average Bonchev–Trinajstić information content (AvgIpc) is 2.58. The smallest absolute Gasteiger partial charge is 0.115 e. The first kappa shape index (κ1) is 8.44. The maximum absolute atomic E-state index is 9.38. The van der Waals surface area contributed by atoms with E-state index in [4.69, 9.17) is 14.2 Å². The van der Waals surface area contributed by atoms with Gasteiger partial charge in [0.1, 0.15) is 24.4 Å². The summed E-state index contributed by atoms with van der Waals surface area (Å²) in [6.45, 7) is 3.52. The van der Waals surface area contributed by atoms with Crippen LogP contribution in [0.25, 0.3) is 0 Å². The molecule has 0 aromatic heterocycles. The topological polar surface area (TPSA) is 47.9 Å². The van der Waals surface area contributed by atoms with Crippen molar-refractivity contribution in [2.75, 3.05) is 19.8 Å². The first-order chi connectivity index (χ1) is 5.83. The minimum Gasteiger partial charge on any atom is -0.388 e. The molecule has 2 aliphatic heterocycles. The van der Waals surface area contributed by atoms with E-state index in [2.05, 4.69) is 0 Å². The Bertz CT molecular complexity index is 161. The van der Waals surface area contributed by atoms with Crippen LogP contribution in [0.3, 0.4) is 0 Å². The van der Waals surface area contributed by atoms with Crippen LogP contribution in [0.5, 0.6) is 0 Å². The monoisotopic (exact) mass is 174 g/mol. The van der Waals surface area contributed by atoms with E-state index in [1.165, 1.54) is 0 Å². The van der Waals surface area contributed by atoms with Gasteiger partial charge >= 0.3 is 0 Å². The highest BCUT2D eigenvalue weighted by Gasteiger charge is 2.47. The standard InChI is InChI=1S/C8H14O4/c1-2-10-6-4-12-7-5(9)3-11-8(6)7/h5-9H,2-4H2,1H3/t5?,6?,7-,8-/m1/s1. The van der Waals surface area contributed by atoms with Crippen molar-refractivity contribution in [3.8, 4) is 0 Å². The molecule has 2 heterocycles. The molecule has 2 fully saturated rings. The molecular formula is C8H14O4. The third-order valence-electron chi connectivity index (χ3n) is 2.36. The molecule has 4 heteroatoms. The van der Waals surface area contributed by atoms with Crippen molar-refractivity contribution in [3.05, 3.63) is 0 Å². The number of aliphatic hydroxyl groups excluding tert-OH is 1. The molecule has 2 unspecified atom stereocenters. The van der Waals surface area contributed by atoms with Crippen LogP contribution in [0.1, 0.15) is 6.92 Å². The van der Waals surface area contributed by atoms with Crippen molar-refractivity contribution in [1.29, 1.82) is 0 Å². The number of rotatable bonds is 2. The van der Waals surface area contributed by atoms with Gasteiger partial charge in [-0.2, -0.15) is 0 Å². The quantitative estimate of drug-likeness (QED) is 0.616. The molecule has 4 atom stereocenters. The van der Waals surface area contributed by atoms with Crippen LogP contribution in [-0.4, -0.2) is 49.3 Å². The molecule has 4 nitrogen and oxygen atoms in total. The summed E-state index contributed by atoms with van der Waals surface area (Å²) in [6, 6.07) is 0. The molecule has 0 aromatic rings. The van der Waals surface area contributed by atoms with Gasteiger partial charge in [0.15, 0.2) is 0 Å². The fourth-order valence-corrected chi connectivity index (χ4v) is 1.80. The summed E-state index contributed by atoms with van der Waals surface area (Å²) in [4.78, 5) is 0. The van der Waals surface area contributed by atoms with E-state index >= 15 is 0 Å². The summed E-state index contributed by atoms with van der Waals surface area (Å²) in [7, 11) is 0. The maximum atomic E-state index is 9.38. The second-order valence-corrected chi connectivity index (χ2v) is 3.16. The lowest BCUT2D eigenvalue weighted by molar-refractivity contribution is -0.0327. The second kappa shape index (κ2) is 3.30. The molecule has 12 heavy (non-hydrogen) atoms. The Morgan fingerprint density at radius 2 is 2.08 bits per heavy atom. The van der Waals surface area contributed by atoms with Gasteiger partial charge in [0, 0.05) is 6.61 Å². The lowest BCUT2D eigenvalue weighted by Gasteiger charge is -2.14. The first-order valence-corrected chi connectivity index (χ1v) is 4.35. The Morgan fingerprint density at radius 1 is 1.33 bits per heavy atom. The fraction of sp³-hybridized carbons (Fsp3) is 1.00. The van der Waals surface area contributed by atoms with Gasteiger partial charge in [-0.3, -0.25) is 0 Å². The predicted molar refractivity (Wildman–Crippen MR) is 40.9 cm³/mol. The van der Waals surface area contributed by atoms with Crippen molar-refractivity contribution in [2.24, 2.45) is 0 Å². The van der Waals surface area contributed by atoms with E-state index in [-0.39, 0.29) is 18.3 Å². The predicted octanol–water partition coefficient (Wildman–Crippen LogP) is -0.450. The minimum absolute atomic E-state index is 0.0112. The molecule has 70 valence electrons. The van der Waals surface area contributed by atoms with Crippen molar-refractivity contribution in [3.63, 3.8) is 0 Å². The van der Waals surface area contributed by atoms with Crippen LogP contribution in [0.15, 0.2) is 0 Å². The molecular weight excluding hydrogens is 160 g/mol. The van der Waals surface area contributed by atoms with Gasteiger partial charge in [0.2, 0.25) is 0 Å². The summed E-state index contributed by atoms with van der Waals surface area (Å²) >= 11 is 0. The summed E-state index contributed by atoms with van der Waals surface area (Å²) < 4.78 is 16.1. The molecule has 0 saturated carbocycles. The van der Waals surface area contributed by atoms with E-state index in [0.717, 1.165) is 0 Å². The Hall–Kier alpha value is -0.160. The molecule has 0 bridgehead atoms. The van der Waals surface area contributed by atoms with Crippen LogP contribution < -0.4 is 0 Å². The van der Waals surface area contributed by atoms with E-state index < -0.39 is 6.10 Å². The highest BCUT2D eigenvalue weighted by atomic mass is 16.6. The zero-order chi connectivity index (χ0) is 8.55. The van der Waals surface area contributed by atoms with Crippen LogP contribution >= 0.6 is 0 Å². The molecule has 0 amide bonds. The van der Waals surface area contributed by atoms with Crippen LogP contribution in [0.2, 0.25) is 0 Å². The van der Waals surface area contributed by atoms with Crippen molar-refractivity contribution < 1.29 is 19.3 Å². The van der Waals surface area contributed by atoms with Gasteiger partial charge < -0.3 is 19.3 Å². The van der Waals surface area contributed by atoms with Crippen molar-refractivity contribution >= 4 is 0 Å². The third-order valence-corrected chi connectivity index (χ3v) is 2.36. The van der Waals surface area contributed by atoms with Gasteiger partial charge in [-0.25, -0.2) is 0 Å². The number of ether oxygens (including phenoxy) is 3. The molecule has 2 aliphatic rings. The van der Waals surface area contributed by atoms with Crippen LogP contribution in [-0.2, 0) is 14.2 Å². The number of aliphatic hydroxyl groups is 1. The SMILES string of the molecule is CCOC1CO[C@@H]2C(O)CO[C@H]12.